The van der Waals surface area contributed by atoms with Crippen LogP contribution in [0.3, 0.4) is 0 Å². The van der Waals surface area contributed by atoms with Crippen molar-refractivity contribution in [3.8, 4) is 0 Å². The lowest BCUT2D eigenvalue weighted by Gasteiger charge is -2.31. The lowest BCUT2D eigenvalue weighted by molar-refractivity contribution is 0.0784. The Morgan fingerprint density at radius 1 is 1.08 bits per heavy atom. The number of carbonyl (C=O) groups is 1. The van der Waals surface area contributed by atoms with Crippen LogP contribution < -0.4 is 0 Å². The van der Waals surface area contributed by atoms with Crippen molar-refractivity contribution in [1.29, 1.82) is 0 Å². The third-order valence-electron chi connectivity index (χ3n) is 5.14. The van der Waals surface area contributed by atoms with Crippen molar-refractivity contribution in [2.45, 2.75) is 17.7 Å². The van der Waals surface area contributed by atoms with Gasteiger partial charge in [0.1, 0.15) is 0 Å². The number of fused-ring (bicyclic) bond motifs is 1. The minimum atomic E-state index is -3.60. The topological polar surface area (TPSA) is 87.0 Å². The van der Waals surface area contributed by atoms with Gasteiger partial charge in [-0.3, -0.25) is 4.79 Å². The molecule has 0 unspecified atom stereocenters. The fourth-order valence-corrected chi connectivity index (χ4v) is 4.93. The fraction of sp³-hybridized carbons (Fsp3) is 0.529. The number of sulfonamides is 1. The third kappa shape index (κ3) is 3.00. The number of nitrogens with zero attached hydrogens (tertiary/aromatic N) is 4. The molecule has 4 rings (SSSR count). The summed E-state index contributed by atoms with van der Waals surface area (Å²) in [6.45, 7) is 3.72. The zero-order chi connectivity index (χ0) is 18.3. The Morgan fingerprint density at radius 3 is 2.46 bits per heavy atom. The highest BCUT2D eigenvalue weighted by molar-refractivity contribution is 7.89. The maximum absolute atomic E-state index is 13.0. The maximum Gasteiger partial charge on any atom is 0.276 e. The van der Waals surface area contributed by atoms with Gasteiger partial charge in [-0.15, -0.1) is 0 Å². The lowest BCUT2D eigenvalue weighted by Crippen LogP contribution is -2.46. The van der Waals surface area contributed by atoms with Gasteiger partial charge < -0.3 is 14.3 Å². The molecule has 0 N–H and O–H groups in total. The van der Waals surface area contributed by atoms with Crippen LogP contribution in [-0.2, 0) is 10.0 Å². The molecule has 140 valence electrons. The van der Waals surface area contributed by atoms with E-state index in [1.54, 1.807) is 11.0 Å². The molecule has 0 bridgehead atoms. The molecule has 0 aliphatic carbocycles. The number of piperazine rings is 1. The molecule has 2 aromatic rings. The lowest BCUT2D eigenvalue weighted by atomic mass is 10.2. The fourth-order valence-electron chi connectivity index (χ4n) is 3.48. The molecule has 0 radical (unpaired) electrons. The largest absolute Gasteiger partial charge is 0.355 e. The highest BCUT2D eigenvalue weighted by atomic mass is 32.2. The van der Waals surface area contributed by atoms with Crippen molar-refractivity contribution in [3.63, 3.8) is 0 Å². The van der Waals surface area contributed by atoms with Crippen LogP contribution in [0.25, 0.3) is 11.0 Å². The van der Waals surface area contributed by atoms with Gasteiger partial charge in [0.2, 0.25) is 10.0 Å². The Kier molecular flexibility index (Phi) is 4.45. The normalized spacial score (nSPS) is 20.1. The van der Waals surface area contributed by atoms with Gasteiger partial charge in [-0.1, -0.05) is 5.16 Å². The van der Waals surface area contributed by atoms with Crippen LogP contribution >= 0.6 is 0 Å². The molecule has 1 amide bonds. The maximum atomic E-state index is 13.0. The Balaban J connectivity index is 1.68. The van der Waals surface area contributed by atoms with Crippen LogP contribution in [0.2, 0.25) is 0 Å². The smallest absolute Gasteiger partial charge is 0.276 e. The van der Waals surface area contributed by atoms with Gasteiger partial charge in [-0.25, -0.2) is 8.42 Å². The first-order valence-electron chi connectivity index (χ1n) is 8.84. The Bertz CT molecular complexity index is 925. The second kappa shape index (κ2) is 6.64. The van der Waals surface area contributed by atoms with Crippen molar-refractivity contribution in [2.24, 2.45) is 0 Å². The SMILES string of the molecule is CN1CCN(S(=O)(=O)c2ccc3onc(C(=O)N4CCCC4)c3c2)CC1. The number of likely N-dealkylation sites (N-methyl/N-ethyl adjacent to an activating group) is 1. The average Bonchev–Trinajstić information content (AvgIpc) is 3.31. The quantitative estimate of drug-likeness (QED) is 0.792. The van der Waals surface area contributed by atoms with Crippen molar-refractivity contribution < 1.29 is 17.7 Å². The molecule has 2 aliphatic heterocycles. The summed E-state index contributed by atoms with van der Waals surface area (Å²) in [5.74, 6) is -0.199. The zero-order valence-electron chi connectivity index (χ0n) is 14.7. The van der Waals surface area contributed by atoms with Crippen molar-refractivity contribution in [1.82, 2.24) is 19.3 Å². The van der Waals surface area contributed by atoms with E-state index in [9.17, 15) is 13.2 Å². The number of rotatable bonds is 3. The Hall–Kier alpha value is -1.97. The number of benzene rings is 1. The molecule has 0 saturated carbocycles. The molecule has 2 aliphatic rings. The van der Waals surface area contributed by atoms with Gasteiger partial charge in [0.05, 0.1) is 10.3 Å². The summed E-state index contributed by atoms with van der Waals surface area (Å²) in [7, 11) is -1.63. The summed E-state index contributed by atoms with van der Waals surface area (Å²) < 4.78 is 32.6. The van der Waals surface area contributed by atoms with Gasteiger partial charge in [0, 0.05) is 39.3 Å². The summed E-state index contributed by atoms with van der Waals surface area (Å²) in [5, 5.41) is 4.36. The molecule has 0 atom stereocenters. The standard InChI is InChI=1S/C17H22N4O4S/c1-19-8-10-21(11-9-19)26(23,24)13-4-5-15-14(12-13)16(18-25-15)17(22)20-6-2-3-7-20/h4-5,12H,2-3,6-11H2,1H3. The number of likely N-dealkylation sites (tertiary alicyclic amines) is 1. The molecule has 2 fully saturated rings. The number of amides is 1. The first-order valence-corrected chi connectivity index (χ1v) is 10.3. The molecule has 1 aromatic carbocycles. The third-order valence-corrected chi connectivity index (χ3v) is 7.03. The molecule has 26 heavy (non-hydrogen) atoms. The highest BCUT2D eigenvalue weighted by Crippen LogP contribution is 2.26. The highest BCUT2D eigenvalue weighted by Gasteiger charge is 2.30. The predicted molar refractivity (Wildman–Crippen MR) is 95.4 cm³/mol. The Morgan fingerprint density at radius 2 is 1.77 bits per heavy atom. The molecule has 1 aromatic heterocycles. The molecule has 2 saturated heterocycles. The van der Waals surface area contributed by atoms with E-state index in [1.165, 1.54) is 16.4 Å². The van der Waals surface area contributed by atoms with Crippen LogP contribution in [0, 0.1) is 0 Å². The summed E-state index contributed by atoms with van der Waals surface area (Å²) in [5.41, 5.74) is 0.613. The number of carbonyl (C=O) groups excluding carboxylic acids is 1. The van der Waals surface area contributed by atoms with E-state index in [-0.39, 0.29) is 16.5 Å². The number of hydrogen-bond donors (Lipinski definition) is 0. The summed E-state index contributed by atoms with van der Waals surface area (Å²) in [6.07, 6.45) is 1.95. The molecule has 0 spiro atoms. The van der Waals surface area contributed by atoms with E-state index in [2.05, 4.69) is 10.1 Å². The van der Waals surface area contributed by atoms with Crippen LogP contribution in [0.4, 0.5) is 0 Å². The van der Waals surface area contributed by atoms with E-state index in [0.29, 0.717) is 50.2 Å². The van der Waals surface area contributed by atoms with E-state index >= 15 is 0 Å². The monoisotopic (exact) mass is 378 g/mol. The van der Waals surface area contributed by atoms with E-state index in [1.807, 2.05) is 7.05 Å². The van der Waals surface area contributed by atoms with Crippen molar-refractivity contribution in [2.75, 3.05) is 46.3 Å². The summed E-state index contributed by atoms with van der Waals surface area (Å²) in [6, 6.07) is 4.61. The van der Waals surface area contributed by atoms with Crippen LogP contribution in [0.5, 0.6) is 0 Å². The Labute approximate surface area is 152 Å². The minimum Gasteiger partial charge on any atom is -0.355 e. The molecular formula is C17H22N4O4S. The van der Waals surface area contributed by atoms with Gasteiger partial charge in [0.25, 0.3) is 5.91 Å². The molecule has 9 heteroatoms. The van der Waals surface area contributed by atoms with Gasteiger partial charge >= 0.3 is 0 Å². The van der Waals surface area contributed by atoms with Crippen LogP contribution in [-0.4, -0.2) is 79.9 Å². The second-order valence-electron chi connectivity index (χ2n) is 6.90. The summed E-state index contributed by atoms with van der Waals surface area (Å²) in [4.78, 5) is 16.7. The second-order valence-corrected chi connectivity index (χ2v) is 8.83. The van der Waals surface area contributed by atoms with Gasteiger partial charge in [-0.05, 0) is 38.1 Å². The van der Waals surface area contributed by atoms with E-state index in [4.69, 9.17) is 4.52 Å². The predicted octanol–water partition coefficient (Wildman–Crippen LogP) is 1.000. The van der Waals surface area contributed by atoms with Gasteiger partial charge in [0.15, 0.2) is 11.3 Å². The van der Waals surface area contributed by atoms with E-state index in [0.717, 1.165) is 12.8 Å². The number of hydrogen-bond acceptors (Lipinski definition) is 6. The first kappa shape index (κ1) is 17.4. The molecule has 8 nitrogen and oxygen atoms in total. The van der Waals surface area contributed by atoms with Gasteiger partial charge in [-0.2, -0.15) is 4.31 Å². The van der Waals surface area contributed by atoms with E-state index < -0.39 is 10.0 Å². The van der Waals surface area contributed by atoms with Crippen LogP contribution in [0.15, 0.2) is 27.6 Å². The number of aromatic nitrogens is 1. The van der Waals surface area contributed by atoms with Crippen LogP contribution in [0.1, 0.15) is 23.3 Å². The molecule has 3 heterocycles. The summed E-state index contributed by atoms with van der Waals surface area (Å²) >= 11 is 0. The first-order chi connectivity index (χ1) is 12.5. The average molecular weight is 378 g/mol. The zero-order valence-corrected chi connectivity index (χ0v) is 15.5. The van der Waals surface area contributed by atoms with Crippen molar-refractivity contribution >= 4 is 26.9 Å². The molecular weight excluding hydrogens is 356 g/mol. The van der Waals surface area contributed by atoms with Crippen molar-refractivity contribution in [3.05, 3.63) is 23.9 Å². The minimum absolute atomic E-state index is 0.174.